The summed E-state index contributed by atoms with van der Waals surface area (Å²) in [5.74, 6) is 1.19. The van der Waals surface area contributed by atoms with Gasteiger partial charge < -0.3 is 9.47 Å². The minimum Gasteiger partial charge on any atom is -0.454 e. The molecule has 10 nitrogen and oxygen atoms in total. The van der Waals surface area contributed by atoms with Crippen molar-refractivity contribution in [2.75, 3.05) is 16.9 Å². The Morgan fingerprint density at radius 3 is 2.58 bits per heavy atom. The average Bonchev–Trinajstić information content (AvgIpc) is 3.26. The molecule has 0 atom stereocenters. The largest absolute Gasteiger partial charge is 0.454 e. The lowest BCUT2D eigenvalue weighted by molar-refractivity contribution is -0.385. The van der Waals surface area contributed by atoms with Crippen LogP contribution < -0.4 is 19.6 Å². The first-order valence-electron chi connectivity index (χ1n) is 9.51. The number of anilines is 2. The second kappa shape index (κ2) is 8.96. The number of halogens is 1. The predicted octanol–water partition coefficient (Wildman–Crippen LogP) is 4.61. The molecular formula is C21H17ClN4O6S. The van der Waals surface area contributed by atoms with E-state index in [2.05, 4.69) is 15.2 Å². The molecule has 33 heavy (non-hydrogen) atoms. The fourth-order valence-corrected chi connectivity index (χ4v) is 4.51. The molecule has 0 radical (unpaired) electrons. The number of fused-ring (bicyclic) bond motifs is 1. The number of hydrazone groups is 1. The van der Waals surface area contributed by atoms with Gasteiger partial charge >= 0.3 is 0 Å². The van der Waals surface area contributed by atoms with Crippen LogP contribution in [0.2, 0.25) is 5.02 Å². The topological polar surface area (TPSA) is 132 Å². The zero-order valence-electron chi connectivity index (χ0n) is 17.1. The van der Waals surface area contributed by atoms with Crippen molar-refractivity contribution in [3.8, 4) is 11.5 Å². The molecule has 0 saturated carbocycles. The van der Waals surface area contributed by atoms with Crippen LogP contribution >= 0.6 is 11.6 Å². The van der Waals surface area contributed by atoms with Crippen molar-refractivity contribution in [1.82, 2.24) is 0 Å². The van der Waals surface area contributed by atoms with Gasteiger partial charge in [0.15, 0.2) is 11.5 Å². The monoisotopic (exact) mass is 488 g/mol. The maximum atomic E-state index is 13.1. The molecule has 0 fully saturated rings. The van der Waals surface area contributed by atoms with E-state index in [0.717, 1.165) is 6.07 Å². The smallest absolute Gasteiger partial charge is 0.270 e. The van der Waals surface area contributed by atoms with Crippen molar-refractivity contribution in [2.24, 2.45) is 5.10 Å². The molecule has 2 N–H and O–H groups in total. The van der Waals surface area contributed by atoms with Crippen LogP contribution in [-0.4, -0.2) is 25.8 Å². The van der Waals surface area contributed by atoms with E-state index < -0.39 is 20.6 Å². The van der Waals surface area contributed by atoms with E-state index in [-0.39, 0.29) is 28.1 Å². The standard InChI is InChI=1S/C21H17ClN4O6S/c1-13(14-6-9-19-20(10-14)32-12-31-19)23-24-18-8-7-15(26(27)28)11-21(18)33(29,30)25-17-5-3-2-4-16(17)22/h2-11,24-25H,12H2,1H3/b23-13-. The zero-order chi connectivity index (χ0) is 23.6. The van der Waals surface area contributed by atoms with E-state index in [1.54, 1.807) is 37.3 Å². The molecule has 0 saturated heterocycles. The Morgan fingerprint density at radius 2 is 1.82 bits per heavy atom. The van der Waals surface area contributed by atoms with E-state index in [1.807, 2.05) is 0 Å². The maximum Gasteiger partial charge on any atom is 0.270 e. The Kier molecular flexibility index (Phi) is 6.07. The molecular weight excluding hydrogens is 472 g/mol. The summed E-state index contributed by atoms with van der Waals surface area (Å²) in [5, 5.41) is 15.7. The van der Waals surface area contributed by atoms with Crippen LogP contribution in [0.3, 0.4) is 0 Å². The van der Waals surface area contributed by atoms with Crippen LogP contribution in [0.4, 0.5) is 17.1 Å². The third-order valence-electron chi connectivity index (χ3n) is 4.72. The Labute approximate surface area is 194 Å². The second-order valence-corrected chi connectivity index (χ2v) is 8.96. The third-order valence-corrected chi connectivity index (χ3v) is 6.45. The number of non-ortho nitro benzene ring substituents is 1. The van der Waals surface area contributed by atoms with Gasteiger partial charge in [-0.25, -0.2) is 8.42 Å². The summed E-state index contributed by atoms with van der Waals surface area (Å²) in [6.07, 6.45) is 0. The zero-order valence-corrected chi connectivity index (χ0v) is 18.7. The van der Waals surface area contributed by atoms with Crippen molar-refractivity contribution in [2.45, 2.75) is 11.8 Å². The number of ether oxygens (including phenoxy) is 2. The van der Waals surface area contributed by atoms with Gasteiger partial charge in [-0.1, -0.05) is 23.7 Å². The van der Waals surface area contributed by atoms with E-state index in [1.165, 1.54) is 24.3 Å². The fraction of sp³-hybridized carbons (Fsp3) is 0.0952. The molecule has 170 valence electrons. The van der Waals surface area contributed by atoms with Crippen molar-refractivity contribution < 1.29 is 22.8 Å². The SMILES string of the molecule is C/C(=N/Nc1ccc([N+](=O)[O-])cc1S(=O)(=O)Nc1ccccc1Cl)c1ccc2c(c1)OCO2. The highest BCUT2D eigenvalue weighted by molar-refractivity contribution is 7.93. The normalized spacial score (nSPS) is 13.0. The minimum absolute atomic E-state index is 0.0419. The Morgan fingerprint density at radius 1 is 1.06 bits per heavy atom. The van der Waals surface area contributed by atoms with Crippen molar-refractivity contribution in [3.05, 3.63) is 81.4 Å². The van der Waals surface area contributed by atoms with Gasteiger partial charge in [0.25, 0.3) is 15.7 Å². The highest BCUT2D eigenvalue weighted by atomic mass is 35.5. The van der Waals surface area contributed by atoms with Crippen LogP contribution in [0.5, 0.6) is 11.5 Å². The molecule has 1 aliphatic heterocycles. The van der Waals surface area contributed by atoms with E-state index >= 15 is 0 Å². The van der Waals surface area contributed by atoms with Gasteiger partial charge in [-0.15, -0.1) is 0 Å². The number of rotatable bonds is 7. The van der Waals surface area contributed by atoms with Crippen LogP contribution in [-0.2, 0) is 10.0 Å². The Balaban J connectivity index is 1.67. The van der Waals surface area contributed by atoms with Crippen LogP contribution in [0.25, 0.3) is 0 Å². The maximum absolute atomic E-state index is 13.1. The Bertz CT molecular complexity index is 1380. The number of benzene rings is 3. The molecule has 0 unspecified atom stereocenters. The van der Waals surface area contributed by atoms with Gasteiger partial charge in [0.1, 0.15) is 4.90 Å². The van der Waals surface area contributed by atoms with Crippen molar-refractivity contribution >= 4 is 44.4 Å². The molecule has 0 bridgehead atoms. The van der Waals surface area contributed by atoms with Gasteiger partial charge in [-0.3, -0.25) is 20.3 Å². The number of nitro benzene ring substituents is 1. The second-order valence-electron chi connectivity index (χ2n) is 6.90. The molecule has 3 aromatic rings. The van der Waals surface area contributed by atoms with Crippen LogP contribution in [0, 0.1) is 10.1 Å². The molecule has 1 aliphatic rings. The summed E-state index contributed by atoms with van der Waals surface area (Å²) in [5.41, 5.74) is 3.72. The molecule has 3 aromatic carbocycles. The molecule has 0 aliphatic carbocycles. The van der Waals surface area contributed by atoms with Gasteiger partial charge in [-0.05, 0) is 43.3 Å². The van der Waals surface area contributed by atoms with E-state index in [0.29, 0.717) is 22.8 Å². The van der Waals surface area contributed by atoms with Gasteiger partial charge in [0.2, 0.25) is 6.79 Å². The average molecular weight is 489 g/mol. The van der Waals surface area contributed by atoms with Crippen molar-refractivity contribution in [3.63, 3.8) is 0 Å². The molecule has 12 heteroatoms. The summed E-state index contributed by atoms with van der Waals surface area (Å²) in [7, 11) is -4.25. The first kappa shape index (κ1) is 22.4. The number of hydrogen-bond acceptors (Lipinski definition) is 8. The predicted molar refractivity (Wildman–Crippen MR) is 124 cm³/mol. The first-order valence-corrected chi connectivity index (χ1v) is 11.4. The Hall–Kier alpha value is -3.83. The summed E-state index contributed by atoms with van der Waals surface area (Å²) in [6, 6.07) is 14.9. The van der Waals surface area contributed by atoms with E-state index in [4.69, 9.17) is 21.1 Å². The molecule has 0 spiro atoms. The van der Waals surface area contributed by atoms with Gasteiger partial charge in [0, 0.05) is 17.7 Å². The first-order chi connectivity index (χ1) is 15.7. The molecule has 4 rings (SSSR count). The fourth-order valence-electron chi connectivity index (χ4n) is 3.01. The van der Waals surface area contributed by atoms with Crippen LogP contribution in [0.1, 0.15) is 12.5 Å². The lowest BCUT2D eigenvalue weighted by Gasteiger charge is -2.13. The summed E-state index contributed by atoms with van der Waals surface area (Å²) >= 11 is 6.06. The number of nitrogens with zero attached hydrogens (tertiary/aromatic N) is 2. The van der Waals surface area contributed by atoms with Crippen molar-refractivity contribution in [1.29, 1.82) is 0 Å². The highest BCUT2D eigenvalue weighted by Gasteiger charge is 2.23. The van der Waals surface area contributed by atoms with Crippen LogP contribution in [0.15, 0.2) is 70.7 Å². The molecule has 0 amide bonds. The highest BCUT2D eigenvalue weighted by Crippen LogP contribution is 2.33. The number of hydrogen-bond donors (Lipinski definition) is 2. The minimum atomic E-state index is -4.25. The third kappa shape index (κ3) is 4.83. The van der Waals surface area contributed by atoms with E-state index in [9.17, 15) is 18.5 Å². The lowest BCUT2D eigenvalue weighted by atomic mass is 10.1. The molecule has 0 aromatic heterocycles. The number of nitro groups is 1. The summed E-state index contributed by atoms with van der Waals surface area (Å²) in [6.45, 7) is 1.85. The van der Waals surface area contributed by atoms with Gasteiger partial charge in [0.05, 0.1) is 27.0 Å². The summed E-state index contributed by atoms with van der Waals surface area (Å²) in [4.78, 5) is 10.2. The lowest BCUT2D eigenvalue weighted by Crippen LogP contribution is -2.15. The summed E-state index contributed by atoms with van der Waals surface area (Å²) < 4.78 is 39.2. The molecule has 1 heterocycles. The number of sulfonamides is 1. The number of para-hydroxylation sites is 1. The quantitative estimate of drug-likeness (QED) is 0.282. The van der Waals surface area contributed by atoms with Gasteiger partial charge in [-0.2, -0.15) is 5.10 Å². The number of nitrogens with one attached hydrogen (secondary N) is 2.